The molecule has 27 heavy (non-hydrogen) atoms. The molecule has 0 aliphatic carbocycles. The fourth-order valence-electron chi connectivity index (χ4n) is 3.41. The van der Waals surface area contributed by atoms with E-state index < -0.39 is 0 Å². The van der Waals surface area contributed by atoms with Crippen LogP contribution in [0.3, 0.4) is 0 Å². The zero-order chi connectivity index (χ0) is 19.4. The van der Waals surface area contributed by atoms with Crippen LogP contribution in [0, 0.1) is 5.92 Å². The molecule has 7 heteroatoms. The van der Waals surface area contributed by atoms with Gasteiger partial charge in [-0.25, -0.2) is 4.98 Å². The maximum atomic E-state index is 12.1. The van der Waals surface area contributed by atoms with Crippen molar-refractivity contribution in [2.45, 2.75) is 19.4 Å². The van der Waals surface area contributed by atoms with Gasteiger partial charge >= 0.3 is 0 Å². The molecule has 3 rings (SSSR count). The number of amides is 1. The minimum Gasteiger partial charge on any atom is -0.497 e. The largest absolute Gasteiger partial charge is 0.497 e. The van der Waals surface area contributed by atoms with Crippen LogP contribution in [-0.2, 0) is 11.3 Å². The number of nitrogens with zero attached hydrogens (tertiary/aromatic N) is 3. The smallest absolute Gasteiger partial charge is 0.225 e. The standard InChI is InChI=1S/C20H27N3O3S/c1-22(2)20(24)14-7-9-23(10-8-14)12-15-13-27-19(21-15)17-6-5-16(25-3)11-18(17)26-4/h5-6,11,13-14H,7-10,12H2,1-4H3. The molecule has 1 aliphatic heterocycles. The van der Waals surface area contributed by atoms with Gasteiger partial charge in [-0.2, -0.15) is 0 Å². The monoisotopic (exact) mass is 389 g/mol. The molecule has 6 nitrogen and oxygen atoms in total. The number of thiazole rings is 1. The van der Waals surface area contributed by atoms with E-state index in [4.69, 9.17) is 14.5 Å². The van der Waals surface area contributed by atoms with E-state index in [1.807, 2.05) is 32.3 Å². The van der Waals surface area contributed by atoms with Gasteiger partial charge in [0.2, 0.25) is 5.91 Å². The number of carbonyl (C=O) groups is 1. The molecule has 2 aromatic rings. The SMILES string of the molecule is COc1ccc(-c2nc(CN3CCC(C(=O)N(C)C)CC3)cs2)c(OC)c1. The Balaban J connectivity index is 1.63. The van der Waals surface area contributed by atoms with Crippen LogP contribution in [0.25, 0.3) is 10.6 Å². The normalized spacial score (nSPS) is 15.6. The zero-order valence-electron chi connectivity index (χ0n) is 16.4. The van der Waals surface area contributed by atoms with Crippen LogP contribution in [-0.4, -0.2) is 62.1 Å². The number of ether oxygens (including phenoxy) is 2. The fourth-order valence-corrected chi connectivity index (χ4v) is 4.25. The van der Waals surface area contributed by atoms with Crippen LogP contribution in [0.4, 0.5) is 0 Å². The van der Waals surface area contributed by atoms with E-state index in [0.29, 0.717) is 0 Å². The van der Waals surface area contributed by atoms with Crippen molar-refractivity contribution in [3.8, 4) is 22.1 Å². The second-order valence-corrected chi connectivity index (χ2v) is 7.85. The fraction of sp³-hybridized carbons (Fsp3) is 0.500. The van der Waals surface area contributed by atoms with Gasteiger partial charge in [0.1, 0.15) is 16.5 Å². The number of carbonyl (C=O) groups excluding carboxylic acids is 1. The van der Waals surface area contributed by atoms with Gasteiger partial charge in [-0.1, -0.05) is 0 Å². The Hall–Kier alpha value is -2.12. The summed E-state index contributed by atoms with van der Waals surface area (Å²) in [5.74, 6) is 1.93. The highest BCUT2D eigenvalue weighted by Gasteiger charge is 2.26. The van der Waals surface area contributed by atoms with Gasteiger partial charge in [-0.3, -0.25) is 9.69 Å². The van der Waals surface area contributed by atoms with Gasteiger partial charge in [0, 0.05) is 38.0 Å². The summed E-state index contributed by atoms with van der Waals surface area (Å²) in [5, 5.41) is 3.05. The Bertz CT molecular complexity index is 783. The average molecular weight is 390 g/mol. The quantitative estimate of drug-likeness (QED) is 0.760. The van der Waals surface area contributed by atoms with Crippen LogP contribution in [0.1, 0.15) is 18.5 Å². The Labute approximate surface area is 164 Å². The maximum absolute atomic E-state index is 12.1. The molecule has 1 aromatic carbocycles. The second-order valence-electron chi connectivity index (χ2n) is 6.99. The lowest BCUT2D eigenvalue weighted by molar-refractivity contribution is -0.134. The first-order chi connectivity index (χ1) is 13.0. The lowest BCUT2D eigenvalue weighted by Crippen LogP contribution is -2.39. The summed E-state index contributed by atoms with van der Waals surface area (Å²) in [5.41, 5.74) is 2.04. The summed E-state index contributed by atoms with van der Waals surface area (Å²) in [6.45, 7) is 2.68. The molecule has 0 N–H and O–H groups in total. The molecule has 0 atom stereocenters. The molecular formula is C20H27N3O3S. The number of methoxy groups -OCH3 is 2. The molecule has 1 aromatic heterocycles. The van der Waals surface area contributed by atoms with E-state index in [0.717, 1.165) is 60.2 Å². The number of benzene rings is 1. The highest BCUT2D eigenvalue weighted by atomic mass is 32.1. The number of hydrogen-bond donors (Lipinski definition) is 0. The first kappa shape index (κ1) is 19.6. The second kappa shape index (κ2) is 8.71. The lowest BCUT2D eigenvalue weighted by Gasteiger charge is -2.31. The molecule has 0 radical (unpaired) electrons. The van der Waals surface area contributed by atoms with E-state index in [1.165, 1.54) is 0 Å². The van der Waals surface area contributed by atoms with Crippen molar-refractivity contribution in [2.75, 3.05) is 41.4 Å². The van der Waals surface area contributed by atoms with Crippen LogP contribution >= 0.6 is 11.3 Å². The van der Waals surface area contributed by atoms with Crippen molar-refractivity contribution < 1.29 is 14.3 Å². The molecular weight excluding hydrogens is 362 g/mol. The van der Waals surface area contributed by atoms with Crippen LogP contribution < -0.4 is 9.47 Å². The van der Waals surface area contributed by atoms with E-state index in [2.05, 4.69) is 10.3 Å². The van der Waals surface area contributed by atoms with E-state index in [9.17, 15) is 4.79 Å². The molecule has 1 fully saturated rings. The predicted molar refractivity (Wildman–Crippen MR) is 107 cm³/mol. The number of hydrogen-bond acceptors (Lipinski definition) is 6. The minimum atomic E-state index is 0.158. The minimum absolute atomic E-state index is 0.158. The Morgan fingerprint density at radius 3 is 2.63 bits per heavy atom. The molecule has 1 aliphatic rings. The highest BCUT2D eigenvalue weighted by molar-refractivity contribution is 7.13. The van der Waals surface area contributed by atoms with Crippen LogP contribution in [0.15, 0.2) is 23.6 Å². The van der Waals surface area contributed by atoms with Crippen molar-refractivity contribution in [3.63, 3.8) is 0 Å². The van der Waals surface area contributed by atoms with Crippen molar-refractivity contribution in [3.05, 3.63) is 29.3 Å². The summed E-state index contributed by atoms with van der Waals surface area (Å²) in [6, 6.07) is 5.78. The van der Waals surface area contributed by atoms with Gasteiger partial charge in [0.25, 0.3) is 0 Å². The van der Waals surface area contributed by atoms with Crippen LogP contribution in [0.2, 0.25) is 0 Å². The summed E-state index contributed by atoms with van der Waals surface area (Å²) in [6.07, 6.45) is 1.83. The van der Waals surface area contributed by atoms with E-state index in [1.54, 1.807) is 30.5 Å². The third kappa shape index (κ3) is 4.59. The number of likely N-dealkylation sites (tertiary alicyclic amines) is 1. The summed E-state index contributed by atoms with van der Waals surface area (Å²) >= 11 is 1.62. The Morgan fingerprint density at radius 2 is 2.00 bits per heavy atom. The zero-order valence-corrected chi connectivity index (χ0v) is 17.2. The third-order valence-corrected chi connectivity index (χ3v) is 5.88. The molecule has 2 heterocycles. The Kier molecular flexibility index (Phi) is 6.34. The van der Waals surface area contributed by atoms with Crippen molar-refractivity contribution in [2.24, 2.45) is 5.92 Å². The maximum Gasteiger partial charge on any atom is 0.225 e. The first-order valence-corrected chi connectivity index (χ1v) is 10.00. The molecule has 1 saturated heterocycles. The Morgan fingerprint density at radius 1 is 1.26 bits per heavy atom. The van der Waals surface area contributed by atoms with Gasteiger partial charge in [-0.15, -0.1) is 11.3 Å². The molecule has 0 saturated carbocycles. The van der Waals surface area contributed by atoms with E-state index >= 15 is 0 Å². The van der Waals surface area contributed by atoms with Gasteiger partial charge in [-0.05, 0) is 38.1 Å². The summed E-state index contributed by atoms with van der Waals surface area (Å²) in [7, 11) is 6.97. The van der Waals surface area contributed by atoms with Gasteiger partial charge < -0.3 is 14.4 Å². The van der Waals surface area contributed by atoms with Crippen molar-refractivity contribution >= 4 is 17.2 Å². The predicted octanol–water partition coefficient (Wildman–Crippen LogP) is 3.13. The van der Waals surface area contributed by atoms with Crippen molar-refractivity contribution in [1.29, 1.82) is 0 Å². The number of piperidine rings is 1. The molecule has 146 valence electrons. The van der Waals surface area contributed by atoms with Gasteiger partial charge in [0.05, 0.1) is 25.5 Å². The number of aromatic nitrogens is 1. The average Bonchev–Trinajstić information content (AvgIpc) is 3.15. The topological polar surface area (TPSA) is 54.9 Å². The molecule has 0 unspecified atom stereocenters. The van der Waals surface area contributed by atoms with Crippen molar-refractivity contribution in [1.82, 2.24) is 14.8 Å². The lowest BCUT2D eigenvalue weighted by atomic mass is 9.95. The van der Waals surface area contributed by atoms with Gasteiger partial charge in [0.15, 0.2) is 0 Å². The van der Waals surface area contributed by atoms with E-state index in [-0.39, 0.29) is 11.8 Å². The van der Waals surface area contributed by atoms with Crippen LogP contribution in [0.5, 0.6) is 11.5 Å². The molecule has 0 spiro atoms. The first-order valence-electron chi connectivity index (χ1n) is 9.12. The summed E-state index contributed by atoms with van der Waals surface area (Å²) in [4.78, 5) is 21.0. The summed E-state index contributed by atoms with van der Waals surface area (Å²) < 4.78 is 10.8. The number of rotatable bonds is 6. The molecule has 0 bridgehead atoms. The third-order valence-electron chi connectivity index (χ3n) is 4.95. The molecule has 1 amide bonds. The highest BCUT2D eigenvalue weighted by Crippen LogP contribution is 2.35.